The van der Waals surface area contributed by atoms with Crippen LogP contribution in [0.3, 0.4) is 0 Å². The Morgan fingerprint density at radius 2 is 2.06 bits per heavy atom. The molecule has 0 bridgehead atoms. The van der Waals surface area contributed by atoms with Crippen molar-refractivity contribution in [3.63, 3.8) is 0 Å². The van der Waals surface area contributed by atoms with Gasteiger partial charge in [0, 0.05) is 37.8 Å². The highest BCUT2D eigenvalue weighted by molar-refractivity contribution is 5.88. The molecule has 2 fully saturated rings. The lowest BCUT2D eigenvalue weighted by atomic mass is 9.62. The summed E-state index contributed by atoms with van der Waals surface area (Å²) in [4.78, 5) is 28.3. The minimum absolute atomic E-state index is 0.0899. The molecule has 0 unspecified atom stereocenters. The van der Waals surface area contributed by atoms with Gasteiger partial charge in [0.05, 0.1) is 31.1 Å². The number of amides is 1. The molecule has 0 spiro atoms. The zero-order valence-corrected chi connectivity index (χ0v) is 28.4. The molecule has 47 heavy (non-hydrogen) atoms. The van der Waals surface area contributed by atoms with Gasteiger partial charge in [-0.05, 0) is 50.2 Å². The molecule has 254 valence electrons. The highest BCUT2D eigenvalue weighted by Gasteiger charge is 2.47. The number of nitrogens with zero attached hydrogens (tertiary/aromatic N) is 5. The van der Waals surface area contributed by atoms with E-state index in [9.17, 15) is 10.1 Å². The zero-order chi connectivity index (χ0) is 34.0. The van der Waals surface area contributed by atoms with E-state index in [2.05, 4.69) is 33.1 Å². The third-order valence-electron chi connectivity index (χ3n) is 9.85. The molecular weight excluding hydrogens is 597 g/mol. The highest BCUT2D eigenvalue weighted by Crippen LogP contribution is 2.51. The Hall–Kier alpha value is -4.00. The number of carbonyl (C=O) groups excluding carboxylic acids is 1. The number of hydrogen-bond acceptors (Lipinski definition) is 8. The van der Waals surface area contributed by atoms with Crippen molar-refractivity contribution in [2.24, 2.45) is 22.2 Å². The molecule has 10 heteroatoms. The monoisotopic (exact) mass is 647 g/mol. The van der Waals surface area contributed by atoms with Gasteiger partial charge in [0.15, 0.2) is 11.7 Å². The van der Waals surface area contributed by atoms with E-state index in [1.54, 1.807) is 18.1 Å². The number of allylic oxidation sites excluding steroid dienone is 3. The van der Waals surface area contributed by atoms with Crippen LogP contribution >= 0.6 is 0 Å². The fourth-order valence-electron chi connectivity index (χ4n) is 6.77. The molecule has 0 aromatic carbocycles. The number of aliphatic imine (C=N–C) groups is 1. The molecule has 1 amide bonds. The third kappa shape index (κ3) is 8.68. The lowest BCUT2D eigenvalue weighted by molar-refractivity contribution is -0.130. The van der Waals surface area contributed by atoms with Crippen LogP contribution in [0.2, 0.25) is 0 Å². The van der Waals surface area contributed by atoms with Crippen molar-refractivity contribution in [2.45, 2.75) is 110 Å². The number of aromatic nitrogens is 2. The molecule has 1 saturated heterocycles. The van der Waals surface area contributed by atoms with Gasteiger partial charge in [-0.3, -0.25) is 4.79 Å². The Balaban J connectivity index is 1.62. The van der Waals surface area contributed by atoms with Crippen LogP contribution in [0.25, 0.3) is 0 Å². The molecule has 5 atom stereocenters. The van der Waals surface area contributed by atoms with Gasteiger partial charge >= 0.3 is 0 Å². The second kappa shape index (κ2) is 16.7. The van der Waals surface area contributed by atoms with Gasteiger partial charge in [0.25, 0.3) is 0 Å². The average Bonchev–Trinajstić information content (AvgIpc) is 3.05. The summed E-state index contributed by atoms with van der Waals surface area (Å²) in [5.41, 5.74) is 0.0775. The first-order chi connectivity index (χ1) is 22.7. The van der Waals surface area contributed by atoms with Crippen LogP contribution in [-0.2, 0) is 16.1 Å². The molecule has 1 aromatic heterocycles. The fourth-order valence-corrected chi connectivity index (χ4v) is 6.77. The first kappa shape index (κ1) is 35.8. The van der Waals surface area contributed by atoms with E-state index in [1.165, 1.54) is 6.08 Å². The van der Waals surface area contributed by atoms with Crippen molar-refractivity contribution in [1.29, 1.82) is 5.26 Å². The van der Waals surface area contributed by atoms with Gasteiger partial charge < -0.3 is 19.1 Å². The van der Waals surface area contributed by atoms with Crippen LogP contribution in [0.15, 0.2) is 59.9 Å². The molecule has 2 heterocycles. The standard InChI is InChI=1S/C37H50FN5O4/c1-7-25(4)21-27(8-2)26(5)46-33-23-34(47-29-16-20-43(35(44)9-3)28(22-29)15-19-39)42-32(41-33)24-40-36(45-6)37(17-12-18-37)30-13-10-11-14-31(30)38/h8-10,13,23,25-29H,2-3,7,11-12,14-18,20-22,24H2,1,4-6H3/t25-,26-,27-,28+,29-/m0/s1. The third-order valence-corrected chi connectivity index (χ3v) is 9.85. The van der Waals surface area contributed by atoms with Crippen LogP contribution < -0.4 is 9.47 Å². The summed E-state index contributed by atoms with van der Waals surface area (Å²) in [5.74, 6) is 1.89. The van der Waals surface area contributed by atoms with E-state index in [4.69, 9.17) is 29.2 Å². The number of rotatable bonds is 15. The first-order valence-corrected chi connectivity index (χ1v) is 17.0. The lowest BCUT2D eigenvalue weighted by Gasteiger charge is -2.43. The van der Waals surface area contributed by atoms with Crippen LogP contribution in [0.4, 0.5) is 4.39 Å². The van der Waals surface area contributed by atoms with Crippen LogP contribution in [0.5, 0.6) is 11.8 Å². The molecule has 0 N–H and O–H groups in total. The predicted octanol–water partition coefficient (Wildman–Crippen LogP) is 7.61. The average molecular weight is 648 g/mol. The van der Waals surface area contributed by atoms with Crippen LogP contribution in [-0.4, -0.2) is 58.6 Å². The predicted molar refractivity (Wildman–Crippen MR) is 180 cm³/mol. The number of nitriles is 1. The second-order valence-corrected chi connectivity index (χ2v) is 13.0. The summed E-state index contributed by atoms with van der Waals surface area (Å²) < 4.78 is 33.6. The van der Waals surface area contributed by atoms with Gasteiger partial charge in [-0.15, -0.1) is 6.58 Å². The molecule has 0 radical (unpaired) electrons. The summed E-state index contributed by atoms with van der Waals surface area (Å²) in [6.07, 6.45) is 13.5. The molecule has 2 aliphatic carbocycles. The highest BCUT2D eigenvalue weighted by atomic mass is 19.1. The van der Waals surface area contributed by atoms with Crippen LogP contribution in [0.1, 0.15) is 90.8 Å². The quantitative estimate of drug-likeness (QED) is 0.0834. The maximum atomic E-state index is 15.0. The van der Waals surface area contributed by atoms with E-state index in [-0.39, 0.29) is 48.9 Å². The molecule has 3 aliphatic rings. The van der Waals surface area contributed by atoms with E-state index >= 15 is 4.39 Å². The number of methoxy groups -OCH3 is 1. The Kier molecular flexibility index (Phi) is 12.7. The molecule has 1 saturated carbocycles. The Morgan fingerprint density at radius 1 is 1.30 bits per heavy atom. The second-order valence-electron chi connectivity index (χ2n) is 13.0. The van der Waals surface area contributed by atoms with Crippen molar-refractivity contribution >= 4 is 11.8 Å². The smallest absolute Gasteiger partial charge is 0.246 e. The fraction of sp³-hybridized carbons (Fsp3) is 0.595. The van der Waals surface area contributed by atoms with Gasteiger partial charge in [0.2, 0.25) is 17.7 Å². The van der Waals surface area contributed by atoms with Crippen molar-refractivity contribution < 1.29 is 23.4 Å². The number of piperidine rings is 1. The van der Waals surface area contributed by atoms with Crippen LogP contribution in [0, 0.1) is 28.6 Å². The van der Waals surface area contributed by atoms with Crippen molar-refractivity contribution in [3.8, 4) is 17.8 Å². The summed E-state index contributed by atoms with van der Waals surface area (Å²) >= 11 is 0. The molecule has 9 nitrogen and oxygen atoms in total. The number of likely N-dealkylation sites (tertiary alicyclic amines) is 1. The number of halogens is 1. The summed E-state index contributed by atoms with van der Waals surface area (Å²) in [5, 5.41) is 9.41. The van der Waals surface area contributed by atoms with Crippen molar-refractivity contribution in [2.75, 3.05) is 13.7 Å². The van der Waals surface area contributed by atoms with E-state index < -0.39 is 5.41 Å². The topological polar surface area (TPSA) is 110 Å². The molecule has 4 rings (SSSR count). The van der Waals surface area contributed by atoms with E-state index in [0.717, 1.165) is 32.1 Å². The van der Waals surface area contributed by atoms with E-state index in [0.29, 0.717) is 67.2 Å². The van der Waals surface area contributed by atoms with Gasteiger partial charge in [0.1, 0.15) is 24.6 Å². The lowest BCUT2D eigenvalue weighted by Crippen LogP contribution is -2.48. The normalized spacial score (nSPS) is 22.7. The van der Waals surface area contributed by atoms with Gasteiger partial charge in [-0.1, -0.05) is 51.5 Å². The summed E-state index contributed by atoms with van der Waals surface area (Å²) in [7, 11) is 1.58. The molecule has 1 aliphatic heterocycles. The molecule has 1 aromatic rings. The van der Waals surface area contributed by atoms with Gasteiger partial charge in [-0.25, -0.2) is 9.38 Å². The maximum Gasteiger partial charge on any atom is 0.246 e. The summed E-state index contributed by atoms with van der Waals surface area (Å²) in [6, 6.07) is 3.59. The minimum atomic E-state index is -0.586. The number of hydrogen-bond donors (Lipinski definition) is 0. The Morgan fingerprint density at radius 3 is 2.68 bits per heavy atom. The van der Waals surface area contributed by atoms with Crippen molar-refractivity contribution in [1.82, 2.24) is 14.9 Å². The van der Waals surface area contributed by atoms with E-state index in [1.807, 2.05) is 25.2 Å². The largest absolute Gasteiger partial charge is 0.484 e. The Labute approximate surface area is 279 Å². The summed E-state index contributed by atoms with van der Waals surface area (Å²) in [6.45, 7) is 14.6. The number of carbonyl (C=O) groups is 1. The Bertz CT molecular complexity index is 1410. The minimum Gasteiger partial charge on any atom is -0.484 e. The SMILES string of the molecule is C=CC(=O)N1CC[C@H](Oc2cc(O[C@@H](C)[C@@H](C=C)C[C@@H](C)CC)nc(CN=C(OC)C3(C4=C(F)CCC=C4)CCC3)n2)C[C@H]1CC#N. The maximum absolute atomic E-state index is 15.0. The molecular formula is C37H50FN5O4. The van der Waals surface area contributed by atoms with Crippen molar-refractivity contribution in [3.05, 3.63) is 60.8 Å². The van der Waals surface area contributed by atoms with Gasteiger partial charge in [-0.2, -0.15) is 15.2 Å². The zero-order valence-electron chi connectivity index (χ0n) is 28.4. The first-order valence-electron chi connectivity index (χ1n) is 17.0. The number of ether oxygens (including phenoxy) is 3.